The van der Waals surface area contributed by atoms with Crippen molar-refractivity contribution >= 4 is 40.9 Å². The van der Waals surface area contributed by atoms with Crippen LogP contribution in [0.3, 0.4) is 0 Å². The molecule has 0 spiro atoms. The van der Waals surface area contributed by atoms with Gasteiger partial charge in [-0.05, 0) is 60.7 Å². The van der Waals surface area contributed by atoms with E-state index in [2.05, 4.69) is 29.4 Å². The van der Waals surface area contributed by atoms with Gasteiger partial charge in [-0.2, -0.15) is 0 Å². The summed E-state index contributed by atoms with van der Waals surface area (Å²) < 4.78 is 1.88. The summed E-state index contributed by atoms with van der Waals surface area (Å²) in [5.74, 6) is 1.25. The highest BCUT2D eigenvalue weighted by atomic mass is 35.5. The molecule has 2 aromatic carbocycles. The molecule has 1 saturated heterocycles. The van der Waals surface area contributed by atoms with E-state index in [1.54, 1.807) is 24.3 Å². The fourth-order valence-electron chi connectivity index (χ4n) is 4.06. The van der Waals surface area contributed by atoms with Crippen LogP contribution in [0, 0.1) is 0 Å². The van der Waals surface area contributed by atoms with Gasteiger partial charge in [0.05, 0.1) is 11.8 Å². The third-order valence-electron chi connectivity index (χ3n) is 5.96. The largest absolute Gasteiger partial charge is 0.328 e. The Kier molecular flexibility index (Phi) is 7.58. The van der Waals surface area contributed by atoms with Gasteiger partial charge in [-0.15, -0.1) is 10.2 Å². The Morgan fingerprint density at radius 2 is 1.82 bits per heavy atom. The lowest BCUT2D eigenvalue weighted by molar-refractivity contribution is -0.113. The molecular weight excluding hydrogens is 470 g/mol. The molecular formula is C25H28ClN5O2S. The Bertz CT molecular complexity index is 1160. The van der Waals surface area contributed by atoms with Gasteiger partial charge in [-0.3, -0.25) is 9.59 Å². The van der Waals surface area contributed by atoms with Gasteiger partial charge in [0.2, 0.25) is 5.91 Å². The highest BCUT2D eigenvalue weighted by Gasteiger charge is 2.34. The molecule has 4 rings (SSSR count). The molecule has 9 heteroatoms. The first-order chi connectivity index (χ1) is 16.3. The van der Waals surface area contributed by atoms with E-state index in [1.165, 1.54) is 17.3 Å². The van der Waals surface area contributed by atoms with Gasteiger partial charge >= 0.3 is 0 Å². The normalized spacial score (nSPS) is 15.7. The Morgan fingerprint density at radius 1 is 1.12 bits per heavy atom. The maximum Gasteiger partial charge on any atom is 0.254 e. The predicted octanol–water partition coefficient (Wildman–Crippen LogP) is 5.30. The monoisotopic (exact) mass is 497 g/mol. The number of benzene rings is 2. The number of nitrogens with zero attached hydrogens (tertiary/aromatic N) is 4. The molecule has 0 aliphatic carbocycles. The van der Waals surface area contributed by atoms with Gasteiger partial charge < -0.3 is 14.8 Å². The second-order valence-corrected chi connectivity index (χ2v) is 10.1. The Morgan fingerprint density at radius 3 is 2.50 bits per heavy atom. The van der Waals surface area contributed by atoms with Crippen LogP contribution in [-0.4, -0.2) is 43.8 Å². The highest BCUT2D eigenvalue weighted by Crippen LogP contribution is 2.33. The van der Waals surface area contributed by atoms with Crippen molar-refractivity contribution in [1.29, 1.82) is 0 Å². The molecule has 1 aliphatic rings. The van der Waals surface area contributed by atoms with E-state index in [-0.39, 0.29) is 23.6 Å². The van der Waals surface area contributed by atoms with E-state index in [0.29, 0.717) is 28.2 Å². The van der Waals surface area contributed by atoms with Crippen LogP contribution < -0.4 is 5.32 Å². The minimum absolute atomic E-state index is 0.0424. The number of anilines is 1. The summed E-state index contributed by atoms with van der Waals surface area (Å²) in [6, 6.07) is 14.7. The lowest BCUT2D eigenvalue weighted by Gasteiger charge is -2.24. The van der Waals surface area contributed by atoms with Crippen LogP contribution in [0.5, 0.6) is 0 Å². The van der Waals surface area contributed by atoms with Gasteiger partial charge in [-0.25, -0.2) is 0 Å². The quantitative estimate of drug-likeness (QED) is 0.448. The highest BCUT2D eigenvalue weighted by molar-refractivity contribution is 7.99. The molecule has 1 aromatic heterocycles. The summed E-state index contributed by atoms with van der Waals surface area (Å²) >= 11 is 7.29. The summed E-state index contributed by atoms with van der Waals surface area (Å²) in [4.78, 5) is 27.4. The van der Waals surface area contributed by atoms with Crippen molar-refractivity contribution in [2.24, 2.45) is 7.05 Å². The van der Waals surface area contributed by atoms with Crippen LogP contribution in [-0.2, 0) is 11.8 Å². The summed E-state index contributed by atoms with van der Waals surface area (Å²) in [6.07, 6.45) is 1.72. The summed E-state index contributed by atoms with van der Waals surface area (Å²) in [6.45, 7) is 4.94. The zero-order valence-corrected chi connectivity index (χ0v) is 21.1. The molecule has 2 heterocycles. The smallest absolute Gasteiger partial charge is 0.254 e. The molecule has 0 radical (unpaired) electrons. The number of amides is 2. The van der Waals surface area contributed by atoms with Crippen molar-refractivity contribution < 1.29 is 9.59 Å². The first-order valence-corrected chi connectivity index (χ1v) is 12.7. The number of aromatic nitrogens is 3. The molecule has 178 valence electrons. The number of rotatable bonds is 7. The zero-order valence-electron chi connectivity index (χ0n) is 19.5. The third kappa shape index (κ3) is 5.45. The molecule has 3 aromatic rings. The van der Waals surface area contributed by atoms with E-state index < -0.39 is 0 Å². The number of hydrogen-bond donors (Lipinski definition) is 1. The fraction of sp³-hybridized carbons (Fsp3) is 0.360. The average Bonchev–Trinajstić information content (AvgIpc) is 3.44. The molecule has 0 saturated carbocycles. The van der Waals surface area contributed by atoms with Crippen LogP contribution in [0.15, 0.2) is 53.7 Å². The number of halogens is 1. The van der Waals surface area contributed by atoms with Crippen molar-refractivity contribution in [3.63, 3.8) is 0 Å². The van der Waals surface area contributed by atoms with Crippen LogP contribution in [0.2, 0.25) is 5.02 Å². The summed E-state index contributed by atoms with van der Waals surface area (Å²) in [5.41, 5.74) is 2.61. The number of hydrogen-bond acceptors (Lipinski definition) is 5. The Balaban J connectivity index is 1.38. The maximum atomic E-state index is 13.1. The van der Waals surface area contributed by atoms with Crippen molar-refractivity contribution in [3.05, 3.63) is 70.5 Å². The summed E-state index contributed by atoms with van der Waals surface area (Å²) in [7, 11) is 1.88. The number of nitrogens with one attached hydrogen (secondary N) is 1. The topological polar surface area (TPSA) is 80.1 Å². The maximum absolute atomic E-state index is 13.1. The van der Waals surface area contributed by atoms with Gasteiger partial charge in [0.15, 0.2) is 11.0 Å². The molecule has 34 heavy (non-hydrogen) atoms. The fourth-order valence-corrected chi connectivity index (χ4v) is 4.90. The van der Waals surface area contributed by atoms with Gasteiger partial charge in [0.1, 0.15) is 0 Å². The lowest BCUT2D eigenvalue weighted by Crippen LogP contribution is -2.31. The van der Waals surface area contributed by atoms with Crippen molar-refractivity contribution in [2.75, 3.05) is 17.6 Å². The lowest BCUT2D eigenvalue weighted by atomic mass is 10.0. The van der Waals surface area contributed by atoms with Gasteiger partial charge in [-0.1, -0.05) is 49.3 Å². The van der Waals surface area contributed by atoms with Crippen molar-refractivity contribution in [1.82, 2.24) is 19.7 Å². The molecule has 1 unspecified atom stereocenters. The molecule has 1 N–H and O–H groups in total. The Labute approximate surface area is 208 Å². The number of likely N-dealkylation sites (tertiary alicyclic amines) is 1. The minimum Gasteiger partial charge on any atom is -0.328 e. The van der Waals surface area contributed by atoms with E-state index in [0.717, 1.165) is 24.4 Å². The van der Waals surface area contributed by atoms with E-state index in [9.17, 15) is 9.59 Å². The third-order valence-corrected chi connectivity index (χ3v) is 7.24. The molecule has 1 fully saturated rings. The van der Waals surface area contributed by atoms with E-state index in [4.69, 9.17) is 11.6 Å². The Hall–Kier alpha value is -2.84. The number of carbonyl (C=O) groups is 2. The van der Waals surface area contributed by atoms with Crippen molar-refractivity contribution in [2.45, 2.75) is 43.8 Å². The molecule has 0 bridgehead atoms. The van der Waals surface area contributed by atoms with E-state index in [1.807, 2.05) is 40.8 Å². The van der Waals surface area contributed by atoms with Gasteiger partial charge in [0, 0.05) is 29.9 Å². The minimum atomic E-state index is -0.150. The van der Waals surface area contributed by atoms with Crippen LogP contribution >= 0.6 is 23.4 Å². The summed E-state index contributed by atoms with van der Waals surface area (Å²) in [5, 5.41) is 12.8. The first-order valence-electron chi connectivity index (χ1n) is 11.3. The predicted molar refractivity (Wildman–Crippen MR) is 135 cm³/mol. The molecule has 1 aliphatic heterocycles. The average molecular weight is 498 g/mol. The second-order valence-electron chi connectivity index (χ2n) is 8.68. The first kappa shape index (κ1) is 24.3. The van der Waals surface area contributed by atoms with Crippen LogP contribution in [0.4, 0.5) is 5.69 Å². The molecule has 1 atom stereocenters. The van der Waals surface area contributed by atoms with Crippen LogP contribution in [0.25, 0.3) is 0 Å². The number of carbonyl (C=O) groups excluding carboxylic acids is 2. The molecule has 2 amide bonds. The number of thioether (sulfide) groups is 1. The van der Waals surface area contributed by atoms with Crippen molar-refractivity contribution in [3.8, 4) is 0 Å². The zero-order chi connectivity index (χ0) is 24.2. The van der Waals surface area contributed by atoms with Gasteiger partial charge in [0.25, 0.3) is 5.91 Å². The van der Waals surface area contributed by atoms with Crippen LogP contribution in [0.1, 0.15) is 60.4 Å². The second kappa shape index (κ2) is 10.6. The molecule has 7 nitrogen and oxygen atoms in total. The van der Waals surface area contributed by atoms with E-state index >= 15 is 0 Å². The standard InChI is InChI=1S/C25H28ClN5O2S/c1-16(2)17-8-12-20(13-9-17)27-22(32)15-34-25-29-28-23(30(25)3)21-5-4-14-31(21)24(33)18-6-10-19(26)11-7-18/h6-13,16,21H,4-5,14-15H2,1-3H3,(H,27,32). The SMILES string of the molecule is CC(C)c1ccc(NC(=O)CSc2nnc(C3CCCN3C(=O)c3ccc(Cl)cc3)n2C)cc1.